The van der Waals surface area contributed by atoms with Crippen molar-refractivity contribution in [1.82, 2.24) is 5.32 Å². The number of rotatable bonds is 6. The van der Waals surface area contributed by atoms with Crippen LogP contribution >= 0.6 is 0 Å². The summed E-state index contributed by atoms with van der Waals surface area (Å²) in [6.07, 6.45) is 0.0392. The Bertz CT molecular complexity index is 701. The number of hydrogen-bond acceptors (Lipinski definition) is 3. The molecule has 0 spiro atoms. The van der Waals surface area contributed by atoms with Crippen molar-refractivity contribution in [2.45, 2.75) is 26.4 Å². The molecule has 1 atom stereocenters. The maximum absolute atomic E-state index is 12.1. The monoisotopic (exact) mass is 328 g/mol. The molecule has 0 radical (unpaired) electrons. The van der Waals surface area contributed by atoms with Gasteiger partial charge >= 0.3 is 6.03 Å². The number of benzene rings is 2. The summed E-state index contributed by atoms with van der Waals surface area (Å²) in [4.78, 5) is 12.1. The lowest BCUT2D eigenvalue weighted by molar-refractivity contribution is 0.175. The average molecular weight is 328 g/mol. The third-order valence-electron chi connectivity index (χ3n) is 3.91. The molecule has 0 aliphatic carbocycles. The van der Waals surface area contributed by atoms with Crippen LogP contribution in [0.15, 0.2) is 42.5 Å². The van der Waals surface area contributed by atoms with Crippen molar-refractivity contribution in [3.8, 4) is 5.75 Å². The Kier molecular flexibility index (Phi) is 6.21. The minimum absolute atomic E-state index is 0.117. The SMILES string of the molecule is CCc1cccc(C)c1NC(=O)NCC(O)c1cccc(OC)c1. The number of methoxy groups -OCH3 is 1. The van der Waals surface area contributed by atoms with E-state index in [4.69, 9.17) is 4.74 Å². The van der Waals surface area contributed by atoms with E-state index < -0.39 is 6.10 Å². The largest absolute Gasteiger partial charge is 0.497 e. The third kappa shape index (κ3) is 4.49. The number of hydrogen-bond donors (Lipinski definition) is 3. The fourth-order valence-electron chi connectivity index (χ4n) is 2.52. The lowest BCUT2D eigenvalue weighted by Gasteiger charge is -2.16. The molecule has 2 rings (SSSR count). The highest BCUT2D eigenvalue weighted by Gasteiger charge is 2.12. The van der Waals surface area contributed by atoms with Crippen molar-refractivity contribution in [3.63, 3.8) is 0 Å². The zero-order chi connectivity index (χ0) is 17.5. The highest BCUT2D eigenvalue weighted by Crippen LogP contribution is 2.21. The highest BCUT2D eigenvalue weighted by molar-refractivity contribution is 5.91. The summed E-state index contributed by atoms with van der Waals surface area (Å²) in [6, 6.07) is 12.8. The number of aliphatic hydroxyl groups excluding tert-OH is 1. The Morgan fingerprint density at radius 2 is 2.00 bits per heavy atom. The van der Waals surface area contributed by atoms with E-state index in [-0.39, 0.29) is 12.6 Å². The van der Waals surface area contributed by atoms with E-state index in [0.29, 0.717) is 11.3 Å². The van der Waals surface area contributed by atoms with E-state index in [1.165, 1.54) is 0 Å². The zero-order valence-corrected chi connectivity index (χ0v) is 14.3. The Labute approximate surface area is 142 Å². The number of aliphatic hydroxyl groups is 1. The molecule has 0 bridgehead atoms. The molecule has 0 fully saturated rings. The molecular weight excluding hydrogens is 304 g/mol. The Morgan fingerprint density at radius 3 is 2.71 bits per heavy atom. The molecule has 128 valence electrons. The van der Waals surface area contributed by atoms with Crippen molar-refractivity contribution in [2.24, 2.45) is 0 Å². The number of nitrogens with one attached hydrogen (secondary N) is 2. The van der Waals surface area contributed by atoms with E-state index in [0.717, 1.165) is 23.2 Å². The molecule has 5 nitrogen and oxygen atoms in total. The number of carbonyl (C=O) groups excluding carboxylic acids is 1. The standard InChI is InChI=1S/C19H24N2O3/c1-4-14-8-5-7-13(2)18(14)21-19(23)20-12-17(22)15-9-6-10-16(11-15)24-3/h5-11,17,22H,4,12H2,1-3H3,(H2,20,21,23). The number of para-hydroxylation sites is 1. The molecule has 0 aromatic heterocycles. The molecule has 0 aliphatic heterocycles. The van der Waals surface area contributed by atoms with Gasteiger partial charge in [0.1, 0.15) is 5.75 Å². The minimum Gasteiger partial charge on any atom is -0.497 e. The van der Waals surface area contributed by atoms with Gasteiger partial charge in [-0.2, -0.15) is 0 Å². The lowest BCUT2D eigenvalue weighted by Crippen LogP contribution is -2.32. The van der Waals surface area contributed by atoms with Crippen LogP contribution in [0.1, 0.15) is 29.7 Å². The van der Waals surface area contributed by atoms with Gasteiger partial charge in [-0.15, -0.1) is 0 Å². The molecule has 1 unspecified atom stereocenters. The Morgan fingerprint density at radius 1 is 1.25 bits per heavy atom. The second-order valence-electron chi connectivity index (χ2n) is 5.59. The first kappa shape index (κ1) is 17.8. The molecule has 0 saturated heterocycles. The average Bonchev–Trinajstić information content (AvgIpc) is 2.61. The van der Waals surface area contributed by atoms with Gasteiger partial charge in [0, 0.05) is 12.2 Å². The number of anilines is 1. The number of ether oxygens (including phenoxy) is 1. The molecule has 3 N–H and O–H groups in total. The van der Waals surface area contributed by atoms with Crippen LogP contribution in [-0.4, -0.2) is 24.8 Å². The fourth-order valence-corrected chi connectivity index (χ4v) is 2.52. The number of aryl methyl sites for hydroxylation is 2. The van der Waals surface area contributed by atoms with Crippen LogP contribution in [0.4, 0.5) is 10.5 Å². The maximum atomic E-state index is 12.1. The van der Waals surface area contributed by atoms with Gasteiger partial charge in [0.05, 0.1) is 13.2 Å². The normalized spacial score (nSPS) is 11.7. The molecule has 5 heteroatoms. The minimum atomic E-state index is -0.798. The van der Waals surface area contributed by atoms with E-state index >= 15 is 0 Å². The van der Waals surface area contributed by atoms with Crippen LogP contribution < -0.4 is 15.4 Å². The molecule has 24 heavy (non-hydrogen) atoms. The van der Waals surface area contributed by atoms with Crippen molar-refractivity contribution >= 4 is 11.7 Å². The van der Waals surface area contributed by atoms with Crippen LogP contribution in [0, 0.1) is 6.92 Å². The van der Waals surface area contributed by atoms with Gasteiger partial charge in [-0.3, -0.25) is 0 Å². The summed E-state index contributed by atoms with van der Waals surface area (Å²) in [5.74, 6) is 0.670. The molecule has 0 heterocycles. The van der Waals surface area contributed by atoms with E-state index in [1.807, 2.05) is 32.0 Å². The Balaban J connectivity index is 1.96. The molecule has 2 amide bonds. The summed E-state index contributed by atoms with van der Waals surface area (Å²) in [5, 5.41) is 15.8. The van der Waals surface area contributed by atoms with Gasteiger partial charge in [0.15, 0.2) is 0 Å². The second kappa shape index (κ2) is 8.36. The number of carbonyl (C=O) groups is 1. The summed E-state index contributed by atoms with van der Waals surface area (Å²) >= 11 is 0. The third-order valence-corrected chi connectivity index (χ3v) is 3.91. The van der Waals surface area contributed by atoms with E-state index in [9.17, 15) is 9.90 Å². The summed E-state index contributed by atoms with van der Waals surface area (Å²) in [5.41, 5.74) is 3.62. The number of amides is 2. The van der Waals surface area contributed by atoms with Crippen LogP contribution in [0.5, 0.6) is 5.75 Å². The van der Waals surface area contributed by atoms with Crippen LogP contribution in [0.2, 0.25) is 0 Å². The first-order chi connectivity index (χ1) is 11.5. The van der Waals surface area contributed by atoms with E-state index in [2.05, 4.69) is 10.6 Å². The smallest absolute Gasteiger partial charge is 0.319 e. The van der Waals surface area contributed by atoms with Gasteiger partial charge < -0.3 is 20.5 Å². The first-order valence-corrected chi connectivity index (χ1v) is 8.00. The van der Waals surface area contributed by atoms with Crippen molar-refractivity contribution in [3.05, 3.63) is 59.2 Å². The Hall–Kier alpha value is -2.53. The lowest BCUT2D eigenvalue weighted by atomic mass is 10.1. The van der Waals surface area contributed by atoms with Crippen molar-refractivity contribution < 1.29 is 14.6 Å². The van der Waals surface area contributed by atoms with Crippen LogP contribution in [0.3, 0.4) is 0 Å². The van der Waals surface area contributed by atoms with Gasteiger partial charge in [-0.1, -0.05) is 37.3 Å². The predicted octanol–water partition coefficient (Wildman–Crippen LogP) is 3.42. The molecular formula is C19H24N2O3. The van der Waals surface area contributed by atoms with Gasteiger partial charge in [0.2, 0.25) is 0 Å². The summed E-state index contributed by atoms with van der Waals surface area (Å²) in [6.45, 7) is 4.12. The van der Waals surface area contributed by atoms with Gasteiger partial charge in [-0.25, -0.2) is 4.79 Å². The summed E-state index contributed by atoms with van der Waals surface area (Å²) in [7, 11) is 1.57. The van der Waals surface area contributed by atoms with Crippen LogP contribution in [-0.2, 0) is 6.42 Å². The fraction of sp³-hybridized carbons (Fsp3) is 0.316. The molecule has 0 saturated carbocycles. The molecule has 0 aliphatic rings. The van der Waals surface area contributed by atoms with Gasteiger partial charge in [0.25, 0.3) is 0 Å². The molecule has 2 aromatic carbocycles. The quantitative estimate of drug-likeness (QED) is 0.761. The van der Waals surface area contributed by atoms with Gasteiger partial charge in [-0.05, 0) is 42.2 Å². The van der Waals surface area contributed by atoms with Crippen molar-refractivity contribution in [2.75, 3.05) is 19.0 Å². The topological polar surface area (TPSA) is 70.6 Å². The molecule has 2 aromatic rings. The maximum Gasteiger partial charge on any atom is 0.319 e. The zero-order valence-electron chi connectivity index (χ0n) is 14.3. The predicted molar refractivity (Wildman–Crippen MR) is 95.5 cm³/mol. The summed E-state index contributed by atoms with van der Waals surface area (Å²) < 4.78 is 5.14. The van der Waals surface area contributed by atoms with E-state index in [1.54, 1.807) is 31.4 Å². The highest BCUT2D eigenvalue weighted by atomic mass is 16.5. The second-order valence-corrected chi connectivity index (χ2v) is 5.59. The first-order valence-electron chi connectivity index (χ1n) is 8.00. The number of urea groups is 1. The van der Waals surface area contributed by atoms with Crippen LogP contribution in [0.25, 0.3) is 0 Å². The van der Waals surface area contributed by atoms with Crippen molar-refractivity contribution in [1.29, 1.82) is 0 Å².